The summed E-state index contributed by atoms with van der Waals surface area (Å²) in [5, 5.41) is 9.21. The van der Waals surface area contributed by atoms with Gasteiger partial charge in [-0.15, -0.1) is 0 Å². The zero-order valence-electron chi connectivity index (χ0n) is 8.71. The number of methoxy groups -OCH3 is 1. The first-order chi connectivity index (χ1) is 7.17. The van der Waals surface area contributed by atoms with Gasteiger partial charge >= 0.3 is 0 Å². The van der Waals surface area contributed by atoms with Crippen LogP contribution in [0.4, 0.5) is 0 Å². The molecule has 82 valence electrons. The number of benzene rings is 1. The Morgan fingerprint density at radius 2 is 2.40 bits per heavy atom. The molecule has 1 N–H and O–H groups in total. The minimum absolute atomic E-state index is 0.00138. The molecule has 4 heteroatoms. The fourth-order valence-electron chi connectivity index (χ4n) is 1.84. The van der Waals surface area contributed by atoms with E-state index in [0.29, 0.717) is 5.75 Å². The summed E-state index contributed by atoms with van der Waals surface area (Å²) in [6.45, 7) is 2.02. The van der Waals surface area contributed by atoms with E-state index in [2.05, 4.69) is 15.9 Å². The Labute approximate surface area is 97.1 Å². The van der Waals surface area contributed by atoms with Crippen molar-refractivity contribution in [2.45, 2.75) is 26.1 Å². The number of aliphatic hydroxyl groups is 1. The van der Waals surface area contributed by atoms with Gasteiger partial charge in [0.1, 0.15) is 6.10 Å². The lowest BCUT2D eigenvalue weighted by atomic mass is 10.1. The van der Waals surface area contributed by atoms with Gasteiger partial charge in [-0.25, -0.2) is 0 Å². The lowest BCUT2D eigenvalue weighted by molar-refractivity contribution is 0.243. The normalized spacial score (nSPS) is 18.5. The number of fused-ring (bicyclic) bond motifs is 1. The molecule has 2 rings (SSSR count). The van der Waals surface area contributed by atoms with Gasteiger partial charge in [0.05, 0.1) is 13.7 Å². The minimum Gasteiger partial charge on any atom is -0.493 e. The predicted octanol–water partition coefficient (Wildman–Crippen LogP) is 2.27. The molecule has 1 heterocycles. The van der Waals surface area contributed by atoms with Gasteiger partial charge < -0.3 is 14.6 Å². The Morgan fingerprint density at radius 1 is 1.67 bits per heavy atom. The number of rotatable bonds is 2. The molecule has 0 aromatic heterocycles. The molecule has 1 aromatic rings. The highest BCUT2D eigenvalue weighted by Gasteiger charge is 2.27. The molecule has 0 spiro atoms. The zero-order valence-corrected chi connectivity index (χ0v) is 10.3. The molecule has 1 aromatic carbocycles. The van der Waals surface area contributed by atoms with Crippen LogP contribution < -0.4 is 9.47 Å². The summed E-state index contributed by atoms with van der Waals surface area (Å²) in [4.78, 5) is 0. The number of halogens is 1. The maximum Gasteiger partial charge on any atom is 0.166 e. The fourth-order valence-corrected chi connectivity index (χ4v) is 2.42. The quantitative estimate of drug-likeness (QED) is 0.898. The van der Waals surface area contributed by atoms with Gasteiger partial charge in [0, 0.05) is 16.5 Å². The van der Waals surface area contributed by atoms with Crippen LogP contribution in [-0.2, 0) is 13.0 Å². The van der Waals surface area contributed by atoms with Crippen molar-refractivity contribution >= 4 is 15.9 Å². The van der Waals surface area contributed by atoms with E-state index in [-0.39, 0.29) is 12.7 Å². The largest absolute Gasteiger partial charge is 0.493 e. The third kappa shape index (κ3) is 1.72. The lowest BCUT2D eigenvalue weighted by Gasteiger charge is -2.11. The number of ether oxygens (including phenoxy) is 2. The second-order valence-electron chi connectivity index (χ2n) is 3.65. The van der Waals surface area contributed by atoms with Crippen LogP contribution in [0.5, 0.6) is 11.5 Å². The fraction of sp³-hybridized carbons (Fsp3) is 0.455. The summed E-state index contributed by atoms with van der Waals surface area (Å²) < 4.78 is 11.9. The summed E-state index contributed by atoms with van der Waals surface area (Å²) in [6.07, 6.45) is 1.01. The second kappa shape index (κ2) is 4.02. The molecule has 1 aliphatic rings. The van der Waals surface area contributed by atoms with Crippen molar-refractivity contribution in [3.63, 3.8) is 0 Å². The van der Waals surface area contributed by atoms with Crippen molar-refractivity contribution in [3.8, 4) is 11.5 Å². The number of aliphatic hydroxyl groups excluding tert-OH is 1. The highest BCUT2D eigenvalue weighted by Crippen LogP contribution is 2.43. The number of hydrogen-bond acceptors (Lipinski definition) is 3. The third-order valence-electron chi connectivity index (χ3n) is 2.55. The Bertz CT molecular complexity index is 390. The van der Waals surface area contributed by atoms with Crippen molar-refractivity contribution in [1.82, 2.24) is 0 Å². The molecule has 0 fully saturated rings. The predicted molar refractivity (Wildman–Crippen MR) is 60.4 cm³/mol. The van der Waals surface area contributed by atoms with E-state index in [1.54, 1.807) is 13.2 Å². The Morgan fingerprint density at radius 3 is 3.00 bits per heavy atom. The SMILES string of the molecule is COc1cc(CO)c(Br)c2c1OC(C)C2. The average Bonchev–Trinajstić information content (AvgIpc) is 2.61. The summed E-state index contributed by atoms with van der Waals surface area (Å²) >= 11 is 3.49. The van der Waals surface area contributed by atoms with Crippen molar-refractivity contribution in [2.24, 2.45) is 0 Å². The Balaban J connectivity index is 2.58. The van der Waals surface area contributed by atoms with Crippen molar-refractivity contribution in [2.75, 3.05) is 7.11 Å². The van der Waals surface area contributed by atoms with Crippen molar-refractivity contribution < 1.29 is 14.6 Å². The smallest absolute Gasteiger partial charge is 0.166 e. The molecule has 0 saturated carbocycles. The maximum atomic E-state index is 9.21. The van der Waals surface area contributed by atoms with Crippen LogP contribution in [0, 0.1) is 0 Å². The standard InChI is InChI=1S/C11H13BrO3/c1-6-3-8-10(12)7(5-13)4-9(14-2)11(8)15-6/h4,6,13H,3,5H2,1-2H3. The first-order valence-corrected chi connectivity index (χ1v) is 5.62. The molecule has 0 saturated heterocycles. The van der Waals surface area contributed by atoms with E-state index in [1.807, 2.05) is 6.92 Å². The monoisotopic (exact) mass is 272 g/mol. The van der Waals surface area contributed by atoms with Crippen molar-refractivity contribution in [3.05, 3.63) is 21.7 Å². The molecular weight excluding hydrogens is 260 g/mol. The van der Waals surface area contributed by atoms with Gasteiger partial charge in [-0.1, -0.05) is 0 Å². The molecule has 3 nitrogen and oxygen atoms in total. The summed E-state index contributed by atoms with van der Waals surface area (Å²) in [5.74, 6) is 1.50. The molecular formula is C11H13BrO3. The Kier molecular flexibility index (Phi) is 2.89. The van der Waals surface area contributed by atoms with E-state index in [9.17, 15) is 5.11 Å². The summed E-state index contributed by atoms with van der Waals surface area (Å²) in [7, 11) is 1.61. The van der Waals surface area contributed by atoms with Gasteiger partial charge in [-0.3, -0.25) is 0 Å². The van der Waals surface area contributed by atoms with Crippen molar-refractivity contribution in [1.29, 1.82) is 0 Å². The zero-order chi connectivity index (χ0) is 11.0. The molecule has 0 amide bonds. The summed E-state index contributed by atoms with van der Waals surface area (Å²) in [6, 6.07) is 1.81. The van der Waals surface area contributed by atoms with Gasteiger partial charge in [-0.05, 0) is 34.5 Å². The van der Waals surface area contributed by atoms with E-state index in [1.165, 1.54) is 0 Å². The molecule has 0 aliphatic carbocycles. The highest BCUT2D eigenvalue weighted by molar-refractivity contribution is 9.10. The molecule has 0 bridgehead atoms. The molecule has 0 radical (unpaired) electrons. The first-order valence-electron chi connectivity index (χ1n) is 4.83. The van der Waals surface area contributed by atoms with Crippen LogP contribution in [0.25, 0.3) is 0 Å². The molecule has 1 unspecified atom stereocenters. The van der Waals surface area contributed by atoms with Gasteiger partial charge in [0.15, 0.2) is 11.5 Å². The topological polar surface area (TPSA) is 38.7 Å². The highest BCUT2D eigenvalue weighted by atomic mass is 79.9. The minimum atomic E-state index is -0.00138. The van der Waals surface area contributed by atoms with Crippen LogP contribution in [0.1, 0.15) is 18.1 Å². The van der Waals surface area contributed by atoms with E-state index < -0.39 is 0 Å². The lowest BCUT2D eigenvalue weighted by Crippen LogP contribution is -2.05. The van der Waals surface area contributed by atoms with Crippen LogP contribution in [0.15, 0.2) is 10.5 Å². The third-order valence-corrected chi connectivity index (χ3v) is 3.54. The second-order valence-corrected chi connectivity index (χ2v) is 4.44. The molecule has 1 atom stereocenters. The number of hydrogen-bond donors (Lipinski definition) is 1. The van der Waals surface area contributed by atoms with Crippen LogP contribution >= 0.6 is 15.9 Å². The Hall–Kier alpha value is -0.740. The van der Waals surface area contributed by atoms with E-state index in [4.69, 9.17) is 9.47 Å². The first kappa shape index (κ1) is 10.8. The van der Waals surface area contributed by atoms with Gasteiger partial charge in [-0.2, -0.15) is 0 Å². The van der Waals surface area contributed by atoms with Crippen LogP contribution in [0.3, 0.4) is 0 Å². The van der Waals surface area contributed by atoms with Crippen LogP contribution in [-0.4, -0.2) is 18.3 Å². The maximum absolute atomic E-state index is 9.21. The summed E-state index contributed by atoms with van der Waals surface area (Å²) in [5.41, 5.74) is 1.93. The van der Waals surface area contributed by atoms with Gasteiger partial charge in [0.2, 0.25) is 0 Å². The van der Waals surface area contributed by atoms with E-state index in [0.717, 1.165) is 27.8 Å². The van der Waals surface area contributed by atoms with Crippen LogP contribution in [0.2, 0.25) is 0 Å². The molecule has 1 aliphatic heterocycles. The average molecular weight is 273 g/mol. The van der Waals surface area contributed by atoms with E-state index >= 15 is 0 Å². The molecule has 15 heavy (non-hydrogen) atoms. The van der Waals surface area contributed by atoms with Gasteiger partial charge in [0.25, 0.3) is 0 Å².